The van der Waals surface area contributed by atoms with Crippen molar-refractivity contribution in [2.45, 2.75) is 4.90 Å². The van der Waals surface area contributed by atoms with Gasteiger partial charge in [-0.3, -0.25) is 14.8 Å². The number of hydrogen-bond acceptors (Lipinski definition) is 7. The number of aromatic nitrogens is 1. The number of carbonyl (C=O) groups is 1. The van der Waals surface area contributed by atoms with Crippen molar-refractivity contribution in [1.82, 2.24) is 4.98 Å². The molecule has 3 aromatic carbocycles. The fraction of sp³-hybridized carbons (Fsp3) is 0.0833. The Balaban J connectivity index is 1.44. The average Bonchev–Trinajstić information content (AvgIpc) is 3.32. The van der Waals surface area contributed by atoms with Crippen molar-refractivity contribution < 1.29 is 22.7 Å². The summed E-state index contributed by atoms with van der Waals surface area (Å²) in [5, 5.41) is 5.43. The number of thiazole rings is 1. The van der Waals surface area contributed by atoms with Gasteiger partial charge in [-0.2, -0.15) is 0 Å². The zero-order valence-corrected chi connectivity index (χ0v) is 21.0. The number of benzene rings is 3. The van der Waals surface area contributed by atoms with Gasteiger partial charge in [-0.05, 0) is 60.7 Å². The number of nitrogens with one attached hydrogen (secondary N) is 2. The van der Waals surface area contributed by atoms with Crippen molar-refractivity contribution in [3.05, 3.63) is 82.7 Å². The van der Waals surface area contributed by atoms with E-state index >= 15 is 0 Å². The van der Waals surface area contributed by atoms with Gasteiger partial charge in [-0.1, -0.05) is 11.6 Å². The first-order valence-corrected chi connectivity index (χ1v) is 12.9. The highest BCUT2D eigenvalue weighted by Gasteiger charge is 2.16. The van der Waals surface area contributed by atoms with Crippen molar-refractivity contribution in [2.75, 3.05) is 24.3 Å². The van der Waals surface area contributed by atoms with Gasteiger partial charge in [0.1, 0.15) is 11.5 Å². The number of amides is 1. The summed E-state index contributed by atoms with van der Waals surface area (Å²) >= 11 is 7.09. The van der Waals surface area contributed by atoms with Crippen LogP contribution in [0.3, 0.4) is 0 Å². The molecule has 11 heteroatoms. The van der Waals surface area contributed by atoms with E-state index in [2.05, 4.69) is 15.0 Å². The van der Waals surface area contributed by atoms with Gasteiger partial charge in [-0.25, -0.2) is 13.4 Å². The Morgan fingerprint density at radius 3 is 2.34 bits per heavy atom. The maximum atomic E-state index is 12.7. The molecule has 0 spiro atoms. The highest BCUT2D eigenvalue weighted by molar-refractivity contribution is 7.92. The molecule has 0 bridgehead atoms. The smallest absolute Gasteiger partial charge is 0.261 e. The Bertz CT molecular complexity index is 1450. The van der Waals surface area contributed by atoms with Crippen LogP contribution in [0.25, 0.3) is 11.3 Å². The molecule has 180 valence electrons. The number of nitrogens with zero attached hydrogens (tertiary/aromatic N) is 1. The third-order valence-electron chi connectivity index (χ3n) is 4.93. The van der Waals surface area contributed by atoms with Crippen molar-refractivity contribution in [3.8, 4) is 22.8 Å². The molecule has 8 nitrogen and oxygen atoms in total. The SMILES string of the molecule is COc1ccc(-c2csc(NC(=O)c3ccc(NS(=O)(=O)c4ccc(Cl)cc4)cc3)n2)c(OC)c1. The van der Waals surface area contributed by atoms with Gasteiger partial charge in [-0.15, -0.1) is 11.3 Å². The highest BCUT2D eigenvalue weighted by atomic mass is 35.5. The minimum atomic E-state index is -3.78. The van der Waals surface area contributed by atoms with Crippen LogP contribution in [0.5, 0.6) is 11.5 Å². The standard InChI is InChI=1S/C24H20ClN3O5S2/c1-32-18-9-12-20(22(13-18)33-2)21-14-34-24(26-21)27-23(29)15-3-7-17(8-4-15)28-35(30,31)19-10-5-16(25)6-11-19/h3-14,28H,1-2H3,(H,26,27,29). The largest absolute Gasteiger partial charge is 0.497 e. The molecule has 1 heterocycles. The second-order valence-corrected chi connectivity index (χ2v) is 10.2. The second-order valence-electron chi connectivity index (χ2n) is 7.20. The molecule has 0 fully saturated rings. The molecule has 4 rings (SSSR count). The highest BCUT2D eigenvalue weighted by Crippen LogP contribution is 2.35. The summed E-state index contributed by atoms with van der Waals surface area (Å²) < 4.78 is 38.2. The third kappa shape index (κ3) is 5.73. The molecule has 35 heavy (non-hydrogen) atoms. The summed E-state index contributed by atoms with van der Waals surface area (Å²) in [7, 11) is -0.644. The van der Waals surface area contributed by atoms with Gasteiger partial charge in [0.05, 0.1) is 24.8 Å². The van der Waals surface area contributed by atoms with Gasteiger partial charge in [0.2, 0.25) is 0 Å². The predicted molar refractivity (Wildman–Crippen MR) is 137 cm³/mol. The third-order valence-corrected chi connectivity index (χ3v) is 7.34. The number of hydrogen-bond donors (Lipinski definition) is 2. The summed E-state index contributed by atoms with van der Waals surface area (Å²) in [5.74, 6) is 0.886. The first kappa shape index (κ1) is 24.5. The lowest BCUT2D eigenvalue weighted by molar-refractivity contribution is 0.102. The van der Waals surface area contributed by atoms with E-state index in [0.29, 0.717) is 38.6 Å². The number of carbonyl (C=O) groups excluding carboxylic acids is 1. The Morgan fingerprint density at radius 2 is 1.69 bits per heavy atom. The van der Waals surface area contributed by atoms with E-state index in [1.54, 1.807) is 26.4 Å². The zero-order valence-electron chi connectivity index (χ0n) is 18.6. The molecule has 4 aromatic rings. The van der Waals surface area contributed by atoms with Crippen LogP contribution in [-0.2, 0) is 10.0 Å². The molecule has 0 saturated carbocycles. The number of methoxy groups -OCH3 is 2. The van der Waals surface area contributed by atoms with Crippen LogP contribution in [0.1, 0.15) is 10.4 Å². The van der Waals surface area contributed by atoms with Gasteiger partial charge < -0.3 is 9.47 Å². The van der Waals surface area contributed by atoms with Gasteiger partial charge in [0, 0.05) is 33.3 Å². The number of sulfonamides is 1. The number of ether oxygens (including phenoxy) is 2. The molecule has 1 amide bonds. The van der Waals surface area contributed by atoms with Crippen molar-refractivity contribution in [1.29, 1.82) is 0 Å². The predicted octanol–water partition coefficient (Wildman–Crippen LogP) is 5.53. The Kier molecular flexibility index (Phi) is 7.25. The Labute approximate surface area is 211 Å². The molecule has 0 unspecified atom stereocenters. The van der Waals surface area contributed by atoms with Crippen LogP contribution >= 0.6 is 22.9 Å². The minimum absolute atomic E-state index is 0.0804. The Hall–Kier alpha value is -3.60. The van der Waals surface area contributed by atoms with Gasteiger partial charge in [0.15, 0.2) is 5.13 Å². The van der Waals surface area contributed by atoms with Crippen LogP contribution in [0.15, 0.2) is 77.0 Å². The molecular weight excluding hydrogens is 510 g/mol. The van der Waals surface area contributed by atoms with E-state index in [9.17, 15) is 13.2 Å². The maximum absolute atomic E-state index is 12.7. The van der Waals surface area contributed by atoms with Crippen LogP contribution in [-0.4, -0.2) is 33.5 Å². The lowest BCUT2D eigenvalue weighted by atomic mass is 10.1. The minimum Gasteiger partial charge on any atom is -0.497 e. The van der Waals surface area contributed by atoms with Crippen LogP contribution in [0, 0.1) is 0 Å². The summed E-state index contributed by atoms with van der Waals surface area (Å²) in [4.78, 5) is 17.2. The molecular formula is C24H20ClN3O5S2. The maximum Gasteiger partial charge on any atom is 0.261 e. The van der Waals surface area contributed by atoms with E-state index in [1.807, 2.05) is 11.4 Å². The van der Waals surface area contributed by atoms with E-state index in [0.717, 1.165) is 5.56 Å². The van der Waals surface area contributed by atoms with Crippen LogP contribution in [0.4, 0.5) is 10.8 Å². The molecule has 0 atom stereocenters. The van der Waals surface area contributed by atoms with Crippen molar-refractivity contribution in [2.24, 2.45) is 0 Å². The first-order chi connectivity index (χ1) is 16.8. The van der Waals surface area contributed by atoms with Crippen molar-refractivity contribution >= 4 is 49.7 Å². The number of halogens is 1. The molecule has 1 aromatic heterocycles. The van der Waals surface area contributed by atoms with Crippen molar-refractivity contribution in [3.63, 3.8) is 0 Å². The van der Waals surface area contributed by atoms with E-state index < -0.39 is 10.0 Å². The fourth-order valence-corrected chi connectivity index (χ4v) is 5.04. The fourth-order valence-electron chi connectivity index (χ4n) is 3.15. The average molecular weight is 530 g/mol. The summed E-state index contributed by atoms with van der Waals surface area (Å²) in [6.07, 6.45) is 0. The molecule has 0 radical (unpaired) electrons. The summed E-state index contributed by atoms with van der Waals surface area (Å²) in [5.41, 5.74) is 2.08. The first-order valence-electron chi connectivity index (χ1n) is 10.2. The topological polar surface area (TPSA) is 107 Å². The lowest BCUT2D eigenvalue weighted by Gasteiger charge is -2.09. The molecule has 0 aliphatic carbocycles. The van der Waals surface area contributed by atoms with Crippen LogP contribution < -0.4 is 19.5 Å². The molecule has 2 N–H and O–H groups in total. The van der Waals surface area contributed by atoms with E-state index in [-0.39, 0.29) is 10.8 Å². The zero-order chi connectivity index (χ0) is 25.0. The Morgan fingerprint density at radius 1 is 0.971 bits per heavy atom. The van der Waals surface area contributed by atoms with Gasteiger partial charge >= 0.3 is 0 Å². The monoisotopic (exact) mass is 529 g/mol. The second kappa shape index (κ2) is 10.3. The van der Waals surface area contributed by atoms with Gasteiger partial charge in [0.25, 0.3) is 15.9 Å². The number of anilines is 2. The van der Waals surface area contributed by atoms with Crippen LogP contribution in [0.2, 0.25) is 5.02 Å². The summed E-state index contributed by atoms with van der Waals surface area (Å²) in [6.45, 7) is 0. The normalized spacial score (nSPS) is 11.1. The molecule has 0 aliphatic heterocycles. The van der Waals surface area contributed by atoms with E-state index in [1.165, 1.54) is 59.9 Å². The number of rotatable bonds is 8. The lowest BCUT2D eigenvalue weighted by Crippen LogP contribution is -2.14. The summed E-state index contributed by atoms with van der Waals surface area (Å²) in [6, 6.07) is 17.3. The molecule has 0 saturated heterocycles. The van der Waals surface area contributed by atoms with E-state index in [4.69, 9.17) is 21.1 Å². The molecule has 0 aliphatic rings. The quantitative estimate of drug-likeness (QED) is 0.310.